The minimum atomic E-state index is -2.82. The number of nitrogens with one attached hydrogen (secondary N) is 1. The largest absolute Gasteiger partial charge is 0.360 e. The quantitative estimate of drug-likeness (QED) is 0.767. The first-order chi connectivity index (χ1) is 7.36. The maximum atomic E-state index is 11.3. The van der Waals surface area contributed by atoms with E-state index >= 15 is 0 Å². The van der Waals surface area contributed by atoms with Gasteiger partial charge in [0.15, 0.2) is 15.0 Å². The SMILES string of the molecule is CC1(C)CCSC(=NC2CCS(=O)(=O)C2)N1. The van der Waals surface area contributed by atoms with Gasteiger partial charge in [0.1, 0.15) is 0 Å². The number of amidine groups is 1. The lowest BCUT2D eigenvalue weighted by molar-refractivity contribution is 0.445. The van der Waals surface area contributed by atoms with E-state index in [-0.39, 0.29) is 17.3 Å². The molecule has 4 nitrogen and oxygen atoms in total. The van der Waals surface area contributed by atoms with E-state index in [1.54, 1.807) is 11.8 Å². The summed E-state index contributed by atoms with van der Waals surface area (Å²) in [5, 5.41) is 4.28. The van der Waals surface area contributed by atoms with Gasteiger partial charge >= 0.3 is 0 Å². The van der Waals surface area contributed by atoms with Gasteiger partial charge in [-0.1, -0.05) is 11.8 Å². The van der Waals surface area contributed by atoms with Crippen LogP contribution in [0.2, 0.25) is 0 Å². The lowest BCUT2D eigenvalue weighted by Gasteiger charge is -2.32. The summed E-state index contributed by atoms with van der Waals surface area (Å²) in [7, 11) is -2.82. The van der Waals surface area contributed by atoms with Crippen LogP contribution in [-0.4, -0.2) is 42.4 Å². The van der Waals surface area contributed by atoms with Crippen molar-refractivity contribution in [3.05, 3.63) is 0 Å². The fraction of sp³-hybridized carbons (Fsp3) is 0.900. The lowest BCUT2D eigenvalue weighted by Crippen LogP contribution is -2.46. The number of rotatable bonds is 1. The molecule has 0 aliphatic carbocycles. The van der Waals surface area contributed by atoms with E-state index in [4.69, 9.17) is 0 Å². The Morgan fingerprint density at radius 2 is 2.25 bits per heavy atom. The van der Waals surface area contributed by atoms with Gasteiger partial charge in [-0.05, 0) is 26.7 Å². The van der Waals surface area contributed by atoms with Crippen molar-refractivity contribution in [2.75, 3.05) is 17.3 Å². The molecule has 6 heteroatoms. The van der Waals surface area contributed by atoms with E-state index < -0.39 is 9.84 Å². The van der Waals surface area contributed by atoms with Gasteiger partial charge in [-0.15, -0.1) is 0 Å². The molecule has 0 aromatic heterocycles. The summed E-state index contributed by atoms with van der Waals surface area (Å²) in [5.41, 5.74) is 0.0849. The van der Waals surface area contributed by atoms with Gasteiger partial charge in [-0.2, -0.15) is 0 Å². The minimum absolute atomic E-state index is 0.0334. The summed E-state index contributed by atoms with van der Waals surface area (Å²) in [5.74, 6) is 1.57. The molecule has 0 amide bonds. The second-order valence-corrected chi connectivity index (χ2v) is 8.41. The summed E-state index contributed by atoms with van der Waals surface area (Å²) >= 11 is 1.70. The van der Waals surface area contributed by atoms with E-state index in [9.17, 15) is 8.42 Å². The van der Waals surface area contributed by atoms with Crippen molar-refractivity contribution >= 4 is 26.8 Å². The molecule has 0 saturated carbocycles. The van der Waals surface area contributed by atoms with Crippen LogP contribution in [0, 0.1) is 0 Å². The topological polar surface area (TPSA) is 58.5 Å². The zero-order valence-electron chi connectivity index (χ0n) is 9.69. The van der Waals surface area contributed by atoms with E-state index in [0.29, 0.717) is 12.2 Å². The average Bonchev–Trinajstić information content (AvgIpc) is 2.43. The van der Waals surface area contributed by atoms with Gasteiger partial charge in [0.25, 0.3) is 0 Å². The van der Waals surface area contributed by atoms with Crippen molar-refractivity contribution < 1.29 is 8.42 Å². The van der Waals surface area contributed by atoms with Gasteiger partial charge < -0.3 is 5.32 Å². The highest BCUT2D eigenvalue weighted by molar-refractivity contribution is 8.13. The maximum Gasteiger partial charge on any atom is 0.157 e. The second kappa shape index (κ2) is 4.22. The Hall–Kier alpha value is -0.230. The molecule has 0 spiro atoms. The Balaban J connectivity index is 2.02. The zero-order chi connectivity index (χ0) is 11.8. The van der Waals surface area contributed by atoms with Gasteiger partial charge in [-0.25, -0.2) is 8.42 Å². The molecule has 0 radical (unpaired) electrons. The molecule has 0 aromatic rings. The van der Waals surface area contributed by atoms with Gasteiger partial charge in [0, 0.05) is 11.3 Å². The fourth-order valence-corrected chi connectivity index (χ4v) is 4.91. The van der Waals surface area contributed by atoms with Crippen LogP contribution in [0.3, 0.4) is 0 Å². The Morgan fingerprint density at radius 1 is 1.50 bits per heavy atom. The first kappa shape index (κ1) is 12.2. The van der Waals surface area contributed by atoms with Gasteiger partial charge in [0.05, 0.1) is 17.5 Å². The smallest absolute Gasteiger partial charge is 0.157 e. The molecule has 2 heterocycles. The number of aliphatic imine (C=N–C) groups is 1. The number of nitrogens with zero attached hydrogens (tertiary/aromatic N) is 1. The second-order valence-electron chi connectivity index (χ2n) is 5.10. The van der Waals surface area contributed by atoms with Crippen molar-refractivity contribution in [1.82, 2.24) is 5.32 Å². The van der Waals surface area contributed by atoms with E-state index in [0.717, 1.165) is 17.3 Å². The van der Waals surface area contributed by atoms with Crippen LogP contribution in [0.1, 0.15) is 26.7 Å². The highest BCUT2D eigenvalue weighted by Gasteiger charge is 2.30. The van der Waals surface area contributed by atoms with Crippen molar-refractivity contribution in [2.45, 2.75) is 38.3 Å². The summed E-state index contributed by atoms with van der Waals surface area (Å²) in [4.78, 5) is 4.52. The first-order valence-corrected chi connectivity index (χ1v) is 8.36. The highest BCUT2D eigenvalue weighted by Crippen LogP contribution is 2.23. The average molecular weight is 262 g/mol. The Bertz CT molecular complexity index is 401. The first-order valence-electron chi connectivity index (χ1n) is 5.56. The summed E-state index contributed by atoms with van der Waals surface area (Å²) in [6.07, 6.45) is 1.79. The van der Waals surface area contributed by atoms with Crippen LogP contribution < -0.4 is 5.32 Å². The van der Waals surface area contributed by atoms with Crippen LogP contribution in [0.5, 0.6) is 0 Å². The normalized spacial score (nSPS) is 34.9. The molecule has 2 aliphatic heterocycles. The van der Waals surface area contributed by atoms with Crippen molar-refractivity contribution in [3.8, 4) is 0 Å². The zero-order valence-corrected chi connectivity index (χ0v) is 11.3. The van der Waals surface area contributed by atoms with Crippen LogP contribution in [-0.2, 0) is 9.84 Å². The monoisotopic (exact) mass is 262 g/mol. The van der Waals surface area contributed by atoms with Crippen molar-refractivity contribution in [3.63, 3.8) is 0 Å². The molecular weight excluding hydrogens is 244 g/mol. The summed E-state index contributed by atoms with van der Waals surface area (Å²) in [6, 6.07) is -0.0334. The minimum Gasteiger partial charge on any atom is -0.360 e. The molecule has 0 aromatic carbocycles. The number of hydrogen-bond acceptors (Lipinski definition) is 4. The van der Waals surface area contributed by atoms with Crippen LogP contribution in [0.4, 0.5) is 0 Å². The van der Waals surface area contributed by atoms with Crippen LogP contribution in [0.25, 0.3) is 0 Å². The van der Waals surface area contributed by atoms with E-state index in [1.807, 2.05) is 0 Å². The van der Waals surface area contributed by atoms with Crippen LogP contribution >= 0.6 is 11.8 Å². The summed E-state index contributed by atoms with van der Waals surface area (Å²) < 4.78 is 22.6. The third-order valence-corrected chi connectivity index (χ3v) is 5.56. The van der Waals surface area contributed by atoms with Crippen LogP contribution in [0.15, 0.2) is 4.99 Å². The Kier molecular flexibility index (Phi) is 3.22. The summed E-state index contributed by atoms with van der Waals surface area (Å²) in [6.45, 7) is 4.29. The predicted molar refractivity (Wildman–Crippen MR) is 68.8 cm³/mol. The van der Waals surface area contributed by atoms with E-state index in [2.05, 4.69) is 24.2 Å². The number of thioether (sulfide) groups is 1. The van der Waals surface area contributed by atoms with E-state index in [1.165, 1.54) is 0 Å². The molecule has 2 rings (SSSR count). The predicted octanol–water partition coefficient (Wildman–Crippen LogP) is 1.03. The fourth-order valence-electron chi connectivity index (χ4n) is 1.90. The third-order valence-electron chi connectivity index (χ3n) is 2.92. The number of hydrogen-bond donors (Lipinski definition) is 1. The standard InChI is InChI=1S/C10H18N2O2S2/c1-10(2)4-5-15-9(12-10)11-8-3-6-16(13,14)7-8/h8H,3-7H2,1-2H3,(H,11,12). The Labute approximate surface area is 101 Å². The molecule has 92 valence electrons. The molecule has 2 fully saturated rings. The molecule has 2 saturated heterocycles. The third kappa shape index (κ3) is 3.13. The number of sulfone groups is 1. The molecule has 1 unspecified atom stereocenters. The molecule has 0 bridgehead atoms. The lowest BCUT2D eigenvalue weighted by atomic mass is 10.0. The molecule has 16 heavy (non-hydrogen) atoms. The molecule has 1 N–H and O–H groups in total. The Morgan fingerprint density at radius 3 is 2.81 bits per heavy atom. The molecule has 2 aliphatic rings. The van der Waals surface area contributed by atoms with Crippen molar-refractivity contribution in [1.29, 1.82) is 0 Å². The van der Waals surface area contributed by atoms with Gasteiger partial charge in [-0.3, -0.25) is 4.99 Å². The molecular formula is C10H18N2O2S2. The maximum absolute atomic E-state index is 11.3. The highest BCUT2D eigenvalue weighted by atomic mass is 32.2. The van der Waals surface area contributed by atoms with Crippen molar-refractivity contribution in [2.24, 2.45) is 4.99 Å². The molecule has 1 atom stereocenters. The van der Waals surface area contributed by atoms with Gasteiger partial charge in [0.2, 0.25) is 0 Å².